The fourth-order valence-corrected chi connectivity index (χ4v) is 3.28. The molecule has 0 bridgehead atoms. The average molecular weight is 337 g/mol. The van der Waals surface area contributed by atoms with Gasteiger partial charge >= 0.3 is 0 Å². The molecule has 5 nitrogen and oxygen atoms in total. The van der Waals surface area contributed by atoms with E-state index in [2.05, 4.69) is 33.8 Å². The molecule has 1 aliphatic heterocycles. The highest BCUT2D eigenvalue weighted by Gasteiger charge is 2.43. The first kappa shape index (κ1) is 16.2. The molecule has 0 unspecified atom stereocenters. The monoisotopic (exact) mass is 337 g/mol. The lowest BCUT2D eigenvalue weighted by Crippen LogP contribution is -2.60. The summed E-state index contributed by atoms with van der Waals surface area (Å²) < 4.78 is 6.02. The molecule has 0 spiro atoms. The van der Waals surface area contributed by atoms with Crippen LogP contribution in [0.2, 0.25) is 0 Å². The Bertz CT molecular complexity index is 738. The molecule has 1 aliphatic carbocycles. The zero-order valence-electron chi connectivity index (χ0n) is 14.2. The van der Waals surface area contributed by atoms with Crippen molar-refractivity contribution in [1.29, 1.82) is 0 Å². The van der Waals surface area contributed by atoms with E-state index < -0.39 is 5.60 Å². The first-order valence-electron chi connectivity index (χ1n) is 8.90. The van der Waals surface area contributed by atoms with E-state index in [1.54, 1.807) is 12.4 Å². The van der Waals surface area contributed by atoms with Crippen LogP contribution in [0, 0.1) is 0 Å². The number of aromatic nitrogens is 1. The summed E-state index contributed by atoms with van der Waals surface area (Å²) in [5, 5.41) is 6.44. The highest BCUT2D eigenvalue weighted by atomic mass is 16.5. The largest absolute Gasteiger partial charge is 0.362 e. The van der Waals surface area contributed by atoms with Gasteiger partial charge in [-0.1, -0.05) is 24.3 Å². The summed E-state index contributed by atoms with van der Waals surface area (Å²) in [5.41, 5.74) is 2.53. The van der Waals surface area contributed by atoms with Gasteiger partial charge in [0, 0.05) is 37.9 Å². The molecule has 1 atom stereocenters. The van der Waals surface area contributed by atoms with Crippen LogP contribution >= 0.6 is 0 Å². The smallest absolute Gasteiger partial charge is 0.254 e. The molecule has 1 aromatic carbocycles. The zero-order chi connectivity index (χ0) is 17.1. The Labute approximate surface area is 147 Å². The zero-order valence-corrected chi connectivity index (χ0v) is 14.2. The van der Waals surface area contributed by atoms with Crippen molar-refractivity contribution in [2.24, 2.45) is 0 Å². The number of morpholine rings is 1. The lowest BCUT2D eigenvalue weighted by atomic mass is 9.90. The molecule has 130 valence electrons. The van der Waals surface area contributed by atoms with Crippen molar-refractivity contribution in [3.05, 3.63) is 54.4 Å². The van der Waals surface area contributed by atoms with Gasteiger partial charge in [-0.15, -0.1) is 0 Å². The van der Waals surface area contributed by atoms with Gasteiger partial charge in [-0.25, -0.2) is 0 Å². The van der Waals surface area contributed by atoms with Gasteiger partial charge in [-0.05, 0) is 41.7 Å². The van der Waals surface area contributed by atoms with Crippen molar-refractivity contribution in [2.75, 3.05) is 19.7 Å². The van der Waals surface area contributed by atoms with Gasteiger partial charge in [0.15, 0.2) is 5.60 Å². The summed E-state index contributed by atoms with van der Waals surface area (Å²) in [4.78, 5) is 16.9. The Balaban J connectivity index is 1.58. The number of hydrogen-bond acceptors (Lipinski definition) is 4. The normalized spacial score (nSPS) is 23.2. The summed E-state index contributed by atoms with van der Waals surface area (Å²) in [6.07, 6.45) is 6.30. The third-order valence-electron chi connectivity index (χ3n) is 4.82. The molecule has 2 fully saturated rings. The van der Waals surface area contributed by atoms with Crippen LogP contribution in [0.15, 0.2) is 48.8 Å². The molecule has 25 heavy (non-hydrogen) atoms. The van der Waals surface area contributed by atoms with Crippen molar-refractivity contribution < 1.29 is 9.53 Å². The van der Waals surface area contributed by atoms with E-state index in [4.69, 9.17) is 4.74 Å². The number of nitrogens with zero attached hydrogens (tertiary/aromatic N) is 1. The first-order chi connectivity index (χ1) is 12.3. The highest BCUT2D eigenvalue weighted by Crippen LogP contribution is 2.27. The van der Waals surface area contributed by atoms with Crippen molar-refractivity contribution >= 4 is 5.91 Å². The maximum absolute atomic E-state index is 12.8. The summed E-state index contributed by atoms with van der Waals surface area (Å²) in [5.74, 6) is 0.0107. The molecule has 1 saturated heterocycles. The number of hydrogen-bond donors (Lipinski definition) is 2. The minimum absolute atomic E-state index is 0.0107. The minimum atomic E-state index is -0.822. The second kappa shape index (κ2) is 6.94. The molecule has 2 aliphatic rings. The van der Waals surface area contributed by atoms with Crippen LogP contribution in [-0.4, -0.2) is 42.2 Å². The van der Waals surface area contributed by atoms with E-state index in [0.717, 1.165) is 36.1 Å². The van der Waals surface area contributed by atoms with Crippen LogP contribution in [0.5, 0.6) is 0 Å². The van der Waals surface area contributed by atoms with Crippen molar-refractivity contribution in [1.82, 2.24) is 15.6 Å². The number of rotatable bonds is 5. The molecule has 5 heteroatoms. The summed E-state index contributed by atoms with van der Waals surface area (Å²) in [7, 11) is 0. The number of carbonyl (C=O) groups is 1. The van der Waals surface area contributed by atoms with Crippen molar-refractivity contribution in [3.8, 4) is 11.1 Å². The lowest BCUT2D eigenvalue weighted by molar-refractivity contribution is -0.150. The highest BCUT2D eigenvalue weighted by molar-refractivity contribution is 5.86. The van der Waals surface area contributed by atoms with E-state index in [9.17, 15) is 4.79 Å². The van der Waals surface area contributed by atoms with E-state index in [1.165, 1.54) is 0 Å². The molecule has 2 N–H and O–H groups in total. The summed E-state index contributed by atoms with van der Waals surface area (Å²) >= 11 is 0. The van der Waals surface area contributed by atoms with E-state index >= 15 is 0 Å². The van der Waals surface area contributed by atoms with Crippen LogP contribution in [0.3, 0.4) is 0 Å². The number of benzene rings is 1. The van der Waals surface area contributed by atoms with Crippen LogP contribution in [0.1, 0.15) is 18.4 Å². The molecule has 1 amide bonds. The van der Waals surface area contributed by atoms with Gasteiger partial charge in [-0.2, -0.15) is 0 Å². The Hall–Kier alpha value is -2.24. The second-order valence-corrected chi connectivity index (χ2v) is 6.88. The number of carbonyl (C=O) groups excluding carboxylic acids is 1. The predicted molar refractivity (Wildman–Crippen MR) is 96.1 cm³/mol. The number of ether oxygens (including phenoxy) is 1. The topological polar surface area (TPSA) is 63.2 Å². The van der Waals surface area contributed by atoms with Crippen molar-refractivity contribution in [2.45, 2.75) is 30.9 Å². The van der Waals surface area contributed by atoms with Gasteiger partial charge in [0.05, 0.1) is 6.61 Å². The van der Waals surface area contributed by atoms with Crippen LogP contribution in [0.25, 0.3) is 11.1 Å². The Morgan fingerprint density at radius 1 is 1.24 bits per heavy atom. The van der Waals surface area contributed by atoms with E-state index in [0.29, 0.717) is 25.6 Å². The third kappa shape index (κ3) is 3.72. The fourth-order valence-electron chi connectivity index (χ4n) is 3.28. The van der Waals surface area contributed by atoms with Crippen LogP contribution in [-0.2, 0) is 16.0 Å². The molecule has 1 saturated carbocycles. The Kier molecular flexibility index (Phi) is 4.51. The van der Waals surface area contributed by atoms with Crippen molar-refractivity contribution in [3.63, 3.8) is 0 Å². The molecule has 2 aromatic rings. The quantitative estimate of drug-likeness (QED) is 0.875. The maximum atomic E-state index is 12.8. The Morgan fingerprint density at radius 2 is 2.08 bits per heavy atom. The van der Waals surface area contributed by atoms with Gasteiger partial charge in [0.1, 0.15) is 0 Å². The number of pyridine rings is 1. The van der Waals surface area contributed by atoms with Gasteiger partial charge in [-0.3, -0.25) is 9.78 Å². The second-order valence-electron chi connectivity index (χ2n) is 6.88. The fraction of sp³-hybridized carbons (Fsp3) is 0.400. The Morgan fingerprint density at radius 3 is 2.80 bits per heavy atom. The molecule has 1 aromatic heterocycles. The van der Waals surface area contributed by atoms with Gasteiger partial charge < -0.3 is 15.4 Å². The van der Waals surface area contributed by atoms with E-state index in [-0.39, 0.29) is 5.91 Å². The first-order valence-corrected chi connectivity index (χ1v) is 8.90. The standard InChI is InChI=1S/C20H23N3O2/c24-19(23-18-4-5-18)20(14-22-10-11-25-20)13-15-2-1-3-17(12-15)16-6-8-21-9-7-16/h1-3,6-9,12,18,22H,4-5,10-11,13-14H2,(H,23,24)/t20-/m1/s1. The summed E-state index contributed by atoms with van der Waals surface area (Å²) in [6, 6.07) is 12.6. The van der Waals surface area contributed by atoms with Crippen LogP contribution in [0.4, 0.5) is 0 Å². The number of amides is 1. The van der Waals surface area contributed by atoms with Gasteiger partial charge in [0.2, 0.25) is 0 Å². The molecule has 0 radical (unpaired) electrons. The van der Waals surface area contributed by atoms with Gasteiger partial charge in [0.25, 0.3) is 5.91 Å². The molecular formula is C20H23N3O2. The maximum Gasteiger partial charge on any atom is 0.254 e. The van der Waals surface area contributed by atoms with E-state index in [1.807, 2.05) is 18.2 Å². The SMILES string of the molecule is O=C(NC1CC1)[C@@]1(Cc2cccc(-c3ccncc3)c2)CNCCO1. The molecular weight excluding hydrogens is 314 g/mol. The third-order valence-corrected chi connectivity index (χ3v) is 4.82. The lowest BCUT2D eigenvalue weighted by Gasteiger charge is -2.36. The summed E-state index contributed by atoms with van der Waals surface area (Å²) in [6.45, 7) is 1.89. The predicted octanol–water partition coefficient (Wildman–Crippen LogP) is 1.93. The average Bonchev–Trinajstić information content (AvgIpc) is 3.47. The molecule has 2 heterocycles. The number of nitrogens with one attached hydrogen (secondary N) is 2. The van der Waals surface area contributed by atoms with Crippen LogP contribution < -0.4 is 10.6 Å². The molecule has 4 rings (SSSR count). The minimum Gasteiger partial charge on any atom is -0.362 e.